The summed E-state index contributed by atoms with van der Waals surface area (Å²) in [5, 5.41) is 9.01. The van der Waals surface area contributed by atoms with Crippen LogP contribution in [0, 0.1) is 11.6 Å². The van der Waals surface area contributed by atoms with Gasteiger partial charge in [-0.2, -0.15) is 0 Å². The molecule has 3 aromatic rings. The molecule has 0 bridgehead atoms. The molecule has 8 nitrogen and oxygen atoms in total. The number of hydrogen-bond acceptors (Lipinski definition) is 5. The molecule has 1 atom stereocenters. The zero-order valence-electron chi connectivity index (χ0n) is 23.6. The maximum Gasteiger partial charge on any atom is 0.244 e. The van der Waals surface area contributed by atoms with E-state index in [1.54, 1.807) is 36.5 Å². The van der Waals surface area contributed by atoms with Gasteiger partial charge in [-0.3, -0.25) is 14.4 Å². The lowest BCUT2D eigenvalue weighted by molar-refractivity contribution is -0.149. The number of benzene rings is 2. The molecular weight excluding hydrogens is 540 g/mol. The lowest BCUT2D eigenvalue weighted by atomic mass is 9.78. The molecule has 1 spiro atoms. The molecular formula is C32H35F2N5O3. The van der Waals surface area contributed by atoms with Crippen LogP contribution in [-0.4, -0.2) is 46.2 Å². The summed E-state index contributed by atoms with van der Waals surface area (Å²) in [6.07, 6.45) is 6.49. The monoisotopic (exact) mass is 575 g/mol. The Morgan fingerprint density at radius 2 is 1.74 bits per heavy atom. The van der Waals surface area contributed by atoms with Gasteiger partial charge in [0, 0.05) is 24.5 Å². The van der Waals surface area contributed by atoms with E-state index in [4.69, 9.17) is 0 Å². The summed E-state index contributed by atoms with van der Waals surface area (Å²) in [5.41, 5.74) is 1.73. The van der Waals surface area contributed by atoms with Gasteiger partial charge in [-0.1, -0.05) is 38.3 Å². The zero-order chi connectivity index (χ0) is 29.7. The topological polar surface area (TPSA) is 103 Å². The summed E-state index contributed by atoms with van der Waals surface area (Å²) in [4.78, 5) is 45.6. The molecule has 1 aromatic heterocycles. The first-order chi connectivity index (χ1) is 20.3. The van der Waals surface area contributed by atoms with Gasteiger partial charge in [0.15, 0.2) is 0 Å². The largest absolute Gasteiger partial charge is 0.325 e. The Morgan fingerprint density at radius 3 is 2.43 bits per heavy atom. The Morgan fingerprint density at radius 1 is 0.976 bits per heavy atom. The SMILES string of the molecule is CCc1ccc(NC(=O)CN2C(=O)C3(CCCCC3)NCC2c2cc(F)cc(F)c2)cc1CC(=O)Nc1ccccn1. The normalized spacial score (nSPS) is 18.1. The van der Waals surface area contributed by atoms with E-state index >= 15 is 0 Å². The van der Waals surface area contributed by atoms with Crippen molar-refractivity contribution in [3.8, 4) is 0 Å². The number of pyridine rings is 1. The van der Waals surface area contributed by atoms with E-state index in [-0.39, 0.29) is 31.3 Å². The van der Waals surface area contributed by atoms with Gasteiger partial charge in [0.1, 0.15) is 24.0 Å². The number of halogens is 2. The van der Waals surface area contributed by atoms with E-state index in [9.17, 15) is 23.2 Å². The highest BCUT2D eigenvalue weighted by atomic mass is 19.1. The number of piperazine rings is 1. The first-order valence-electron chi connectivity index (χ1n) is 14.4. The fraction of sp³-hybridized carbons (Fsp3) is 0.375. The molecule has 2 aliphatic rings. The maximum absolute atomic E-state index is 14.1. The first kappa shape index (κ1) is 29.3. The van der Waals surface area contributed by atoms with Gasteiger partial charge in [-0.15, -0.1) is 0 Å². The molecule has 3 N–H and O–H groups in total. The number of amides is 3. The fourth-order valence-electron chi connectivity index (χ4n) is 6.05. The van der Waals surface area contributed by atoms with Crippen LogP contribution in [0.1, 0.15) is 61.8 Å². The standard InChI is InChI=1S/C32H35F2N5O3/c1-2-21-9-10-26(16-22(21)17-29(40)38-28-8-4-7-13-35-28)37-30(41)20-39-27(23-14-24(33)18-25(34)15-23)19-36-32(31(39)42)11-5-3-6-12-32/h4,7-10,13-16,18,27,36H,2-3,5-6,11-12,17,19-20H2,1H3,(H,37,41)(H,35,38,40). The number of carbonyl (C=O) groups excluding carboxylic acids is 3. The van der Waals surface area contributed by atoms with Crippen molar-refractivity contribution in [2.45, 2.75) is 63.5 Å². The van der Waals surface area contributed by atoms with Crippen LogP contribution in [0.15, 0.2) is 60.8 Å². The number of rotatable bonds is 8. The van der Waals surface area contributed by atoms with Gasteiger partial charge < -0.3 is 20.9 Å². The predicted octanol–water partition coefficient (Wildman–Crippen LogP) is 4.92. The number of anilines is 2. The average molecular weight is 576 g/mol. The molecule has 3 amide bonds. The molecule has 1 saturated carbocycles. The number of nitrogens with one attached hydrogen (secondary N) is 3. The van der Waals surface area contributed by atoms with Crippen molar-refractivity contribution in [3.63, 3.8) is 0 Å². The molecule has 2 fully saturated rings. The lowest BCUT2D eigenvalue weighted by Crippen LogP contribution is -2.66. The van der Waals surface area contributed by atoms with Gasteiger partial charge in [-0.25, -0.2) is 13.8 Å². The third kappa shape index (κ3) is 6.65. The summed E-state index contributed by atoms with van der Waals surface area (Å²) in [5.74, 6) is -1.93. The Hall–Kier alpha value is -4.18. The quantitative estimate of drug-likeness (QED) is 0.354. The number of hydrogen-bond donors (Lipinski definition) is 3. The van der Waals surface area contributed by atoms with Crippen molar-refractivity contribution in [2.24, 2.45) is 0 Å². The highest BCUT2D eigenvalue weighted by Gasteiger charge is 2.48. The van der Waals surface area contributed by atoms with E-state index in [1.807, 2.05) is 13.0 Å². The number of aromatic nitrogens is 1. The second kappa shape index (κ2) is 12.8. The van der Waals surface area contributed by atoms with Crippen molar-refractivity contribution in [2.75, 3.05) is 23.7 Å². The lowest BCUT2D eigenvalue weighted by Gasteiger charge is -2.48. The molecule has 2 heterocycles. The minimum absolute atomic E-state index is 0.0927. The number of carbonyl (C=O) groups is 3. The molecule has 0 radical (unpaired) electrons. The molecule has 42 heavy (non-hydrogen) atoms. The van der Waals surface area contributed by atoms with Gasteiger partial charge in [0.25, 0.3) is 0 Å². The minimum atomic E-state index is -0.780. The smallest absolute Gasteiger partial charge is 0.244 e. The van der Waals surface area contributed by atoms with Gasteiger partial charge in [-0.05, 0) is 72.4 Å². The fourth-order valence-corrected chi connectivity index (χ4v) is 6.05. The molecule has 1 aliphatic heterocycles. The van der Waals surface area contributed by atoms with Gasteiger partial charge in [0.2, 0.25) is 17.7 Å². The maximum atomic E-state index is 14.1. The van der Waals surface area contributed by atoms with E-state index in [0.717, 1.165) is 36.5 Å². The summed E-state index contributed by atoms with van der Waals surface area (Å²) in [6.45, 7) is 1.99. The molecule has 10 heteroatoms. The van der Waals surface area contributed by atoms with E-state index < -0.39 is 29.1 Å². The molecule has 2 aromatic carbocycles. The van der Waals surface area contributed by atoms with Crippen molar-refractivity contribution < 1.29 is 23.2 Å². The highest BCUT2D eigenvalue weighted by Crippen LogP contribution is 2.37. The van der Waals surface area contributed by atoms with Crippen LogP contribution in [0.4, 0.5) is 20.3 Å². The van der Waals surface area contributed by atoms with E-state index in [0.29, 0.717) is 36.3 Å². The highest BCUT2D eigenvalue weighted by molar-refractivity contribution is 5.97. The van der Waals surface area contributed by atoms with Crippen LogP contribution >= 0.6 is 0 Å². The molecule has 220 valence electrons. The Kier molecular flexibility index (Phi) is 8.91. The van der Waals surface area contributed by atoms with Crippen molar-refractivity contribution in [1.29, 1.82) is 0 Å². The first-order valence-corrected chi connectivity index (χ1v) is 14.4. The Balaban J connectivity index is 1.34. The summed E-state index contributed by atoms with van der Waals surface area (Å²) < 4.78 is 28.3. The summed E-state index contributed by atoms with van der Waals surface area (Å²) in [7, 11) is 0. The summed E-state index contributed by atoms with van der Waals surface area (Å²) >= 11 is 0. The Bertz CT molecular complexity index is 1440. The summed E-state index contributed by atoms with van der Waals surface area (Å²) in [6, 6.07) is 13.1. The second-order valence-electron chi connectivity index (χ2n) is 11.0. The number of aryl methyl sites for hydroxylation is 1. The second-order valence-corrected chi connectivity index (χ2v) is 11.0. The van der Waals surface area contributed by atoms with Crippen molar-refractivity contribution in [3.05, 3.63) is 89.1 Å². The molecule has 1 aliphatic carbocycles. The van der Waals surface area contributed by atoms with E-state index in [2.05, 4.69) is 20.9 Å². The average Bonchev–Trinajstić information content (AvgIpc) is 2.96. The third-order valence-electron chi connectivity index (χ3n) is 8.13. The molecule has 1 unspecified atom stereocenters. The van der Waals surface area contributed by atoms with Gasteiger partial charge >= 0.3 is 0 Å². The molecule has 1 saturated heterocycles. The van der Waals surface area contributed by atoms with Crippen molar-refractivity contribution in [1.82, 2.24) is 15.2 Å². The Labute approximate surface area is 243 Å². The minimum Gasteiger partial charge on any atom is -0.325 e. The van der Waals surface area contributed by atoms with Crippen LogP contribution in [0.3, 0.4) is 0 Å². The molecule has 5 rings (SSSR count). The van der Waals surface area contributed by atoms with Crippen LogP contribution < -0.4 is 16.0 Å². The zero-order valence-corrected chi connectivity index (χ0v) is 23.6. The predicted molar refractivity (Wildman–Crippen MR) is 156 cm³/mol. The van der Waals surface area contributed by atoms with Crippen LogP contribution in [0.2, 0.25) is 0 Å². The van der Waals surface area contributed by atoms with E-state index in [1.165, 1.54) is 17.0 Å². The van der Waals surface area contributed by atoms with Crippen LogP contribution in [-0.2, 0) is 27.2 Å². The van der Waals surface area contributed by atoms with Crippen LogP contribution in [0.25, 0.3) is 0 Å². The van der Waals surface area contributed by atoms with Crippen molar-refractivity contribution >= 4 is 29.2 Å². The third-order valence-corrected chi connectivity index (χ3v) is 8.13. The number of nitrogens with zero attached hydrogens (tertiary/aromatic N) is 2. The van der Waals surface area contributed by atoms with Crippen LogP contribution in [0.5, 0.6) is 0 Å². The van der Waals surface area contributed by atoms with Gasteiger partial charge in [0.05, 0.1) is 18.0 Å².